The van der Waals surface area contributed by atoms with E-state index in [1.165, 1.54) is 4.90 Å². The predicted molar refractivity (Wildman–Crippen MR) is 122 cm³/mol. The van der Waals surface area contributed by atoms with Crippen molar-refractivity contribution in [2.75, 3.05) is 13.1 Å². The summed E-state index contributed by atoms with van der Waals surface area (Å²) in [6.07, 6.45) is 9.25. The van der Waals surface area contributed by atoms with Crippen molar-refractivity contribution in [2.45, 2.75) is 18.9 Å². The van der Waals surface area contributed by atoms with Gasteiger partial charge in [-0.3, -0.25) is 14.6 Å². The Hall–Kier alpha value is -4.14. The summed E-state index contributed by atoms with van der Waals surface area (Å²) in [6.45, 7) is 0.977. The van der Waals surface area contributed by atoms with E-state index >= 15 is 0 Å². The molecule has 1 amide bonds. The van der Waals surface area contributed by atoms with Crippen LogP contribution in [-0.4, -0.2) is 48.9 Å². The predicted octanol–water partition coefficient (Wildman–Crippen LogP) is 5.27. The van der Waals surface area contributed by atoms with Gasteiger partial charge in [-0.2, -0.15) is 5.10 Å². The summed E-state index contributed by atoms with van der Waals surface area (Å²) in [4.78, 5) is 21.1. The number of pyridine rings is 2. The van der Waals surface area contributed by atoms with Crippen molar-refractivity contribution < 1.29 is 18.7 Å². The second-order valence-corrected chi connectivity index (χ2v) is 8.23. The lowest BCUT2D eigenvalue weighted by Crippen LogP contribution is -2.38. The van der Waals surface area contributed by atoms with Gasteiger partial charge in [-0.15, -0.1) is 0 Å². The molecule has 0 saturated carbocycles. The summed E-state index contributed by atoms with van der Waals surface area (Å²) < 4.78 is 29.8. The zero-order chi connectivity index (χ0) is 23.7. The van der Waals surface area contributed by atoms with Crippen LogP contribution in [0.25, 0.3) is 33.5 Å². The average Bonchev–Trinajstić information content (AvgIpc) is 3.36. The molecule has 0 aliphatic carbocycles. The monoisotopic (exact) mass is 461 g/mol. The van der Waals surface area contributed by atoms with Crippen LogP contribution in [0.4, 0.5) is 13.6 Å². The second-order valence-electron chi connectivity index (χ2n) is 8.23. The number of benzene rings is 1. The maximum atomic E-state index is 14.2. The first kappa shape index (κ1) is 21.7. The molecule has 34 heavy (non-hydrogen) atoms. The third-order valence-electron chi connectivity index (χ3n) is 6.08. The lowest BCUT2D eigenvalue weighted by Gasteiger charge is -2.30. The van der Waals surface area contributed by atoms with Gasteiger partial charge in [-0.1, -0.05) is 0 Å². The van der Waals surface area contributed by atoms with Crippen LogP contribution >= 0.6 is 0 Å². The zero-order valence-electron chi connectivity index (χ0n) is 18.1. The fourth-order valence-electron chi connectivity index (χ4n) is 4.22. The number of rotatable bonds is 4. The number of likely N-dealkylation sites (tertiary alicyclic amines) is 1. The molecule has 5 rings (SSSR count). The molecule has 9 heteroatoms. The van der Waals surface area contributed by atoms with Gasteiger partial charge in [-0.05, 0) is 54.8 Å². The van der Waals surface area contributed by atoms with Gasteiger partial charge in [0, 0.05) is 60.1 Å². The summed E-state index contributed by atoms with van der Waals surface area (Å²) in [5.41, 5.74) is 3.76. The van der Waals surface area contributed by atoms with Crippen LogP contribution in [0.5, 0.6) is 0 Å². The molecule has 1 fully saturated rings. The van der Waals surface area contributed by atoms with Crippen molar-refractivity contribution in [3.05, 3.63) is 79.0 Å². The Kier molecular flexibility index (Phi) is 5.75. The first-order chi connectivity index (χ1) is 16.5. The molecule has 172 valence electrons. The average molecular weight is 461 g/mol. The molecule has 0 spiro atoms. The Balaban J connectivity index is 1.39. The Morgan fingerprint density at radius 1 is 0.941 bits per heavy atom. The first-order valence-electron chi connectivity index (χ1n) is 10.9. The highest BCUT2D eigenvalue weighted by Crippen LogP contribution is 2.30. The highest BCUT2D eigenvalue weighted by atomic mass is 19.1. The van der Waals surface area contributed by atoms with E-state index < -0.39 is 17.7 Å². The molecular weight excluding hydrogens is 440 g/mol. The number of nitrogens with zero attached hydrogens (tertiary/aromatic N) is 5. The van der Waals surface area contributed by atoms with Gasteiger partial charge in [0.1, 0.15) is 11.6 Å². The van der Waals surface area contributed by atoms with E-state index in [-0.39, 0.29) is 11.6 Å². The lowest BCUT2D eigenvalue weighted by molar-refractivity contribution is 0.124. The minimum absolute atomic E-state index is 0.0983. The highest BCUT2D eigenvalue weighted by Gasteiger charge is 2.24. The Morgan fingerprint density at radius 2 is 1.71 bits per heavy atom. The standard InChI is InChI=1S/C25H21F2N5O2/c26-20-1-2-23(27)22(11-20)24-10-16(3-6-29-24)17-9-18(13-28-12-17)19-14-30-32(15-19)21-4-7-31(8-5-21)25(33)34/h1-3,6,9-15,21H,4-5,7-8H2,(H,33,34). The number of piperidine rings is 1. The molecule has 0 radical (unpaired) electrons. The van der Waals surface area contributed by atoms with Crippen molar-refractivity contribution in [2.24, 2.45) is 0 Å². The van der Waals surface area contributed by atoms with E-state index in [1.807, 2.05) is 16.9 Å². The zero-order valence-corrected chi connectivity index (χ0v) is 18.1. The number of hydrogen-bond acceptors (Lipinski definition) is 4. The summed E-state index contributed by atoms with van der Waals surface area (Å²) >= 11 is 0. The third kappa shape index (κ3) is 4.36. The minimum atomic E-state index is -0.887. The van der Waals surface area contributed by atoms with E-state index in [2.05, 4.69) is 15.1 Å². The smallest absolute Gasteiger partial charge is 0.407 e. The summed E-state index contributed by atoms with van der Waals surface area (Å²) in [5.74, 6) is -1.07. The van der Waals surface area contributed by atoms with Gasteiger partial charge < -0.3 is 10.0 Å². The van der Waals surface area contributed by atoms with Gasteiger partial charge in [0.25, 0.3) is 0 Å². The summed E-state index contributed by atoms with van der Waals surface area (Å²) in [5, 5.41) is 13.6. The largest absolute Gasteiger partial charge is 0.465 e. The number of amides is 1. The maximum absolute atomic E-state index is 14.2. The molecule has 0 unspecified atom stereocenters. The second kappa shape index (κ2) is 9.01. The van der Waals surface area contributed by atoms with Crippen molar-refractivity contribution >= 4 is 6.09 Å². The molecule has 1 aliphatic rings. The van der Waals surface area contributed by atoms with Crippen LogP contribution in [0.15, 0.2) is 67.4 Å². The fourth-order valence-corrected chi connectivity index (χ4v) is 4.22. The van der Waals surface area contributed by atoms with Crippen LogP contribution in [0.1, 0.15) is 18.9 Å². The molecule has 1 aliphatic heterocycles. The normalized spacial score (nSPS) is 14.4. The Bertz CT molecular complexity index is 1350. The molecule has 1 aromatic carbocycles. The van der Waals surface area contributed by atoms with Gasteiger partial charge in [0.15, 0.2) is 0 Å². The molecule has 4 aromatic rings. The van der Waals surface area contributed by atoms with Crippen molar-refractivity contribution in [3.63, 3.8) is 0 Å². The van der Waals surface area contributed by atoms with Crippen LogP contribution in [0.3, 0.4) is 0 Å². The number of aromatic nitrogens is 4. The van der Waals surface area contributed by atoms with Crippen molar-refractivity contribution in [1.82, 2.24) is 24.6 Å². The summed E-state index contributed by atoms with van der Waals surface area (Å²) in [7, 11) is 0. The molecule has 3 aromatic heterocycles. The number of carbonyl (C=O) groups is 1. The van der Waals surface area contributed by atoms with Gasteiger partial charge in [-0.25, -0.2) is 13.6 Å². The van der Waals surface area contributed by atoms with Crippen LogP contribution < -0.4 is 0 Å². The van der Waals surface area contributed by atoms with Gasteiger partial charge in [0.05, 0.1) is 17.9 Å². The molecule has 0 bridgehead atoms. The van der Waals surface area contributed by atoms with E-state index in [1.54, 1.807) is 36.9 Å². The molecule has 1 N–H and O–H groups in total. The van der Waals surface area contributed by atoms with E-state index in [4.69, 9.17) is 5.11 Å². The third-order valence-corrected chi connectivity index (χ3v) is 6.08. The molecule has 0 atom stereocenters. The summed E-state index contributed by atoms with van der Waals surface area (Å²) in [6, 6.07) is 8.90. The lowest BCUT2D eigenvalue weighted by atomic mass is 10.0. The molecule has 1 saturated heterocycles. The Morgan fingerprint density at radius 3 is 2.47 bits per heavy atom. The highest BCUT2D eigenvalue weighted by molar-refractivity contribution is 5.74. The van der Waals surface area contributed by atoms with E-state index in [0.717, 1.165) is 40.5 Å². The number of hydrogen-bond donors (Lipinski definition) is 1. The first-order valence-corrected chi connectivity index (χ1v) is 10.9. The Labute approximate surface area is 194 Å². The van der Waals surface area contributed by atoms with Crippen LogP contribution in [-0.2, 0) is 0 Å². The quantitative estimate of drug-likeness (QED) is 0.448. The van der Waals surface area contributed by atoms with E-state index in [0.29, 0.717) is 31.6 Å². The van der Waals surface area contributed by atoms with Gasteiger partial charge >= 0.3 is 6.09 Å². The fraction of sp³-hybridized carbons (Fsp3) is 0.200. The van der Waals surface area contributed by atoms with Gasteiger partial charge in [0.2, 0.25) is 0 Å². The SMILES string of the molecule is O=C(O)N1CCC(n2cc(-c3cncc(-c4ccnc(-c5cc(F)ccc5F)c4)c3)cn2)CC1. The minimum Gasteiger partial charge on any atom is -0.465 e. The maximum Gasteiger partial charge on any atom is 0.407 e. The number of halogens is 2. The molecular formula is C25H21F2N5O2. The molecule has 4 heterocycles. The number of carboxylic acid groups (broad SMARTS) is 1. The molecule has 7 nitrogen and oxygen atoms in total. The van der Waals surface area contributed by atoms with Crippen LogP contribution in [0, 0.1) is 11.6 Å². The van der Waals surface area contributed by atoms with Crippen molar-refractivity contribution in [3.8, 4) is 33.5 Å². The van der Waals surface area contributed by atoms with Crippen molar-refractivity contribution in [1.29, 1.82) is 0 Å². The van der Waals surface area contributed by atoms with Crippen LogP contribution in [0.2, 0.25) is 0 Å². The van der Waals surface area contributed by atoms with E-state index in [9.17, 15) is 13.6 Å². The topological polar surface area (TPSA) is 84.1 Å².